The molecule has 0 aromatic heterocycles. The van der Waals surface area contributed by atoms with Gasteiger partial charge >= 0.3 is 0 Å². The first-order chi connectivity index (χ1) is 3.48. The maximum atomic E-state index is 9.78. The zero-order chi connectivity index (χ0) is 6.78. The minimum atomic E-state index is -4.33. The van der Waals surface area contributed by atoms with Gasteiger partial charge in [0, 0.05) is 0 Å². The summed E-state index contributed by atoms with van der Waals surface area (Å²) >= 11 is 4.85. The molecule has 0 spiro atoms. The summed E-state index contributed by atoms with van der Waals surface area (Å²) in [5, 5.41) is 8.22. The first kappa shape index (κ1) is 8.16. The minimum absolute atomic E-state index is 0.515. The van der Waals surface area contributed by atoms with Crippen molar-refractivity contribution in [2.24, 2.45) is 0 Å². The maximum Gasteiger partial charge on any atom is 0.293 e. The molecular formula is C2H5ClO4S. The second-order valence-corrected chi connectivity index (χ2v) is 3.01. The Hall–Kier alpha value is 0.160. The Bertz CT molecular complexity index is 149. The molecule has 8 heavy (non-hydrogen) atoms. The van der Waals surface area contributed by atoms with Gasteiger partial charge in [-0.2, -0.15) is 8.42 Å². The molecule has 0 saturated heterocycles. The molecule has 6 heteroatoms. The Labute approximate surface area is 51.8 Å². The van der Waals surface area contributed by atoms with E-state index < -0.39 is 21.4 Å². The molecule has 2 N–H and O–H groups in total. The number of rotatable bonds is 2. The van der Waals surface area contributed by atoms with E-state index in [2.05, 4.69) is 0 Å². The lowest BCUT2D eigenvalue weighted by molar-refractivity contribution is 0.254. The fourth-order valence-electron chi connectivity index (χ4n) is 0.0796. The summed E-state index contributed by atoms with van der Waals surface area (Å²) in [5.41, 5.74) is -1.86. The lowest BCUT2D eigenvalue weighted by Crippen LogP contribution is -2.20. The van der Waals surface area contributed by atoms with Crippen LogP contribution in [0.25, 0.3) is 0 Å². The molecule has 0 aliphatic carbocycles. The van der Waals surface area contributed by atoms with Crippen LogP contribution in [0.3, 0.4) is 0 Å². The smallest absolute Gasteiger partial charge is 0.293 e. The van der Waals surface area contributed by atoms with Crippen LogP contribution in [0.15, 0.2) is 0 Å². The van der Waals surface area contributed by atoms with Crippen LogP contribution >= 0.6 is 11.6 Å². The SMILES string of the molecule is O=S(=O)(O)[C@H](O)CCl. The van der Waals surface area contributed by atoms with Crippen molar-refractivity contribution in [1.29, 1.82) is 0 Å². The third kappa shape index (κ3) is 2.46. The van der Waals surface area contributed by atoms with Gasteiger partial charge in [-0.25, -0.2) is 0 Å². The van der Waals surface area contributed by atoms with E-state index >= 15 is 0 Å². The van der Waals surface area contributed by atoms with Gasteiger partial charge in [0.25, 0.3) is 10.1 Å². The first-order valence-electron chi connectivity index (χ1n) is 1.69. The van der Waals surface area contributed by atoms with E-state index in [0.29, 0.717) is 0 Å². The van der Waals surface area contributed by atoms with Gasteiger partial charge in [0.2, 0.25) is 0 Å². The van der Waals surface area contributed by atoms with Crippen molar-refractivity contribution in [3.8, 4) is 0 Å². The number of aliphatic hydroxyl groups is 1. The van der Waals surface area contributed by atoms with Gasteiger partial charge in [0.15, 0.2) is 5.44 Å². The van der Waals surface area contributed by atoms with Gasteiger partial charge in [0.05, 0.1) is 5.88 Å². The summed E-state index contributed by atoms with van der Waals surface area (Å²) < 4.78 is 27.5. The normalized spacial score (nSPS) is 15.9. The van der Waals surface area contributed by atoms with Crippen molar-refractivity contribution in [2.45, 2.75) is 5.44 Å². The lowest BCUT2D eigenvalue weighted by atomic mass is 10.9. The fourth-order valence-corrected chi connectivity index (χ4v) is 0.716. The second-order valence-electron chi connectivity index (χ2n) is 1.12. The predicted octanol–water partition coefficient (Wildman–Crippen LogP) is -0.569. The Morgan fingerprint density at radius 1 is 1.62 bits per heavy atom. The van der Waals surface area contributed by atoms with Gasteiger partial charge in [0.1, 0.15) is 0 Å². The molecule has 0 aliphatic heterocycles. The number of alkyl halides is 1. The first-order valence-corrected chi connectivity index (χ1v) is 3.72. The fraction of sp³-hybridized carbons (Fsp3) is 1.00. The Morgan fingerprint density at radius 2 is 2.00 bits per heavy atom. The molecule has 50 valence electrons. The van der Waals surface area contributed by atoms with E-state index in [-0.39, 0.29) is 0 Å². The highest BCUT2D eigenvalue weighted by Crippen LogP contribution is 1.94. The van der Waals surface area contributed by atoms with E-state index in [4.69, 9.17) is 21.3 Å². The van der Waals surface area contributed by atoms with E-state index in [1.54, 1.807) is 0 Å². The van der Waals surface area contributed by atoms with Crippen molar-refractivity contribution < 1.29 is 18.1 Å². The molecule has 0 heterocycles. The predicted molar refractivity (Wildman–Crippen MR) is 28.3 cm³/mol. The highest BCUT2D eigenvalue weighted by Gasteiger charge is 2.16. The maximum absolute atomic E-state index is 9.78. The highest BCUT2D eigenvalue weighted by molar-refractivity contribution is 7.86. The van der Waals surface area contributed by atoms with Crippen LogP contribution in [0.4, 0.5) is 0 Å². The summed E-state index contributed by atoms with van der Waals surface area (Å²) in [6.07, 6.45) is 0. The van der Waals surface area contributed by atoms with E-state index in [1.807, 2.05) is 0 Å². The molecule has 0 radical (unpaired) electrons. The topological polar surface area (TPSA) is 74.6 Å². The molecular weight excluding hydrogens is 156 g/mol. The summed E-state index contributed by atoms with van der Waals surface area (Å²) in [4.78, 5) is 0. The van der Waals surface area contributed by atoms with Crippen molar-refractivity contribution in [2.75, 3.05) is 5.88 Å². The van der Waals surface area contributed by atoms with Crippen LogP contribution in [-0.4, -0.2) is 29.4 Å². The molecule has 0 fully saturated rings. The van der Waals surface area contributed by atoms with Crippen LogP contribution in [0, 0.1) is 0 Å². The quantitative estimate of drug-likeness (QED) is 0.419. The molecule has 0 aromatic rings. The molecule has 1 atom stereocenters. The van der Waals surface area contributed by atoms with E-state index in [9.17, 15) is 8.42 Å². The summed E-state index contributed by atoms with van der Waals surface area (Å²) in [6, 6.07) is 0. The standard InChI is InChI=1S/C2H5ClO4S/c3-1-2(4)8(5,6)7/h2,4H,1H2,(H,5,6,7)/t2-/m0/s1. The number of hydrogen-bond acceptors (Lipinski definition) is 3. The highest BCUT2D eigenvalue weighted by atomic mass is 35.5. The Balaban J connectivity index is 4.04. The zero-order valence-corrected chi connectivity index (χ0v) is 5.35. The summed E-state index contributed by atoms with van der Waals surface area (Å²) in [7, 11) is -4.33. The molecule has 0 aromatic carbocycles. The van der Waals surface area contributed by atoms with Gasteiger partial charge in [-0.15, -0.1) is 11.6 Å². The molecule has 0 aliphatic rings. The third-order valence-corrected chi connectivity index (χ3v) is 1.81. The van der Waals surface area contributed by atoms with Crippen LogP contribution in [-0.2, 0) is 10.1 Å². The minimum Gasteiger partial charge on any atom is -0.374 e. The monoisotopic (exact) mass is 160 g/mol. The molecule has 0 rings (SSSR count). The van der Waals surface area contributed by atoms with Gasteiger partial charge < -0.3 is 5.11 Å². The van der Waals surface area contributed by atoms with Crippen molar-refractivity contribution in [1.82, 2.24) is 0 Å². The molecule has 4 nitrogen and oxygen atoms in total. The largest absolute Gasteiger partial charge is 0.374 e. The van der Waals surface area contributed by atoms with Gasteiger partial charge in [-0.3, -0.25) is 4.55 Å². The zero-order valence-electron chi connectivity index (χ0n) is 3.78. The number of aliphatic hydroxyl groups excluding tert-OH is 1. The number of halogens is 1. The second kappa shape index (κ2) is 2.63. The molecule has 0 saturated carbocycles. The lowest BCUT2D eigenvalue weighted by Gasteiger charge is -1.98. The molecule has 0 amide bonds. The molecule has 0 bridgehead atoms. The average Bonchev–Trinajstić information content (AvgIpc) is 1.62. The van der Waals surface area contributed by atoms with Crippen molar-refractivity contribution >= 4 is 21.7 Å². The summed E-state index contributed by atoms with van der Waals surface area (Å²) in [5.74, 6) is -0.515. The third-order valence-electron chi connectivity index (χ3n) is 0.476. The van der Waals surface area contributed by atoms with Crippen molar-refractivity contribution in [3.05, 3.63) is 0 Å². The Kier molecular flexibility index (Phi) is 2.68. The van der Waals surface area contributed by atoms with Gasteiger partial charge in [-0.1, -0.05) is 0 Å². The van der Waals surface area contributed by atoms with E-state index in [1.165, 1.54) is 0 Å². The number of hydrogen-bond donors (Lipinski definition) is 2. The summed E-state index contributed by atoms with van der Waals surface area (Å²) in [6.45, 7) is 0. The average molecular weight is 161 g/mol. The van der Waals surface area contributed by atoms with Gasteiger partial charge in [-0.05, 0) is 0 Å². The van der Waals surface area contributed by atoms with E-state index in [0.717, 1.165) is 0 Å². The van der Waals surface area contributed by atoms with Crippen LogP contribution in [0.5, 0.6) is 0 Å². The Morgan fingerprint density at radius 3 is 2.00 bits per heavy atom. The van der Waals surface area contributed by atoms with Crippen LogP contribution < -0.4 is 0 Å². The van der Waals surface area contributed by atoms with Crippen molar-refractivity contribution in [3.63, 3.8) is 0 Å². The molecule has 0 unspecified atom stereocenters. The van der Waals surface area contributed by atoms with Crippen LogP contribution in [0.2, 0.25) is 0 Å². The van der Waals surface area contributed by atoms with Crippen LogP contribution in [0.1, 0.15) is 0 Å².